The molecule has 0 spiro atoms. The molecule has 0 bridgehead atoms. The smallest absolute Gasteiger partial charge is 0.333 e. The lowest BCUT2D eigenvalue weighted by Gasteiger charge is -2.23. The van der Waals surface area contributed by atoms with Crippen molar-refractivity contribution in [3.05, 3.63) is 26.4 Å². The minimum absolute atomic E-state index is 0.0770. The molecule has 1 heterocycles. The Bertz CT molecular complexity index is 692. The molecule has 0 fully saturated rings. The van der Waals surface area contributed by atoms with Gasteiger partial charge in [-0.15, -0.1) is 0 Å². The van der Waals surface area contributed by atoms with Crippen molar-refractivity contribution in [3.8, 4) is 5.88 Å². The van der Waals surface area contributed by atoms with E-state index in [9.17, 15) is 19.5 Å². The third kappa shape index (κ3) is 4.33. The maximum absolute atomic E-state index is 12.5. The number of Topliss-reactive ketones (excluding diaryl/α,β-unsaturated/α-hetero) is 1. The van der Waals surface area contributed by atoms with E-state index in [1.165, 1.54) is 0 Å². The summed E-state index contributed by atoms with van der Waals surface area (Å²) >= 11 is 0. The fourth-order valence-electron chi connectivity index (χ4n) is 3.03. The van der Waals surface area contributed by atoms with Crippen molar-refractivity contribution in [2.45, 2.75) is 67.5 Å². The van der Waals surface area contributed by atoms with Gasteiger partial charge in [-0.1, -0.05) is 27.7 Å². The van der Waals surface area contributed by atoms with Gasteiger partial charge in [0, 0.05) is 19.5 Å². The number of hydrogen-bond donors (Lipinski definition) is 1. The van der Waals surface area contributed by atoms with E-state index >= 15 is 0 Å². The number of aromatic hydroxyl groups is 1. The van der Waals surface area contributed by atoms with E-state index < -0.39 is 22.9 Å². The van der Waals surface area contributed by atoms with Crippen molar-refractivity contribution in [2.75, 3.05) is 0 Å². The van der Waals surface area contributed by atoms with Gasteiger partial charge in [-0.25, -0.2) is 4.79 Å². The second kappa shape index (κ2) is 7.15. The number of carbonyl (C=O) groups is 1. The van der Waals surface area contributed by atoms with Crippen LogP contribution in [0.25, 0.3) is 0 Å². The van der Waals surface area contributed by atoms with E-state index in [4.69, 9.17) is 0 Å². The Hall–Kier alpha value is -1.85. The summed E-state index contributed by atoms with van der Waals surface area (Å²) in [5.74, 6) is -0.841. The second-order valence-corrected chi connectivity index (χ2v) is 7.27. The molecule has 0 aromatic carbocycles. The highest BCUT2D eigenvalue weighted by atomic mass is 16.3. The minimum Gasteiger partial charge on any atom is -0.494 e. The predicted octanol–water partition coefficient (Wildman–Crippen LogP) is 2.40. The quantitative estimate of drug-likeness (QED) is 0.815. The van der Waals surface area contributed by atoms with E-state index in [1.54, 1.807) is 13.8 Å². The molecule has 0 aliphatic carbocycles. The lowest BCUT2D eigenvalue weighted by molar-refractivity contribution is 0.0947. The highest BCUT2D eigenvalue weighted by Gasteiger charge is 2.25. The summed E-state index contributed by atoms with van der Waals surface area (Å²) in [6, 6.07) is 0. The van der Waals surface area contributed by atoms with Crippen LogP contribution in [-0.2, 0) is 13.1 Å². The predicted molar refractivity (Wildman–Crippen MR) is 90.2 cm³/mol. The lowest BCUT2D eigenvalue weighted by Crippen LogP contribution is -2.42. The highest BCUT2D eigenvalue weighted by Crippen LogP contribution is 2.27. The Morgan fingerprint density at radius 1 is 1.13 bits per heavy atom. The van der Waals surface area contributed by atoms with Gasteiger partial charge in [-0.2, -0.15) is 0 Å². The maximum atomic E-state index is 12.5. The second-order valence-electron chi connectivity index (χ2n) is 7.27. The van der Waals surface area contributed by atoms with Gasteiger partial charge in [0.05, 0.1) is 0 Å². The summed E-state index contributed by atoms with van der Waals surface area (Å²) in [4.78, 5) is 37.0. The normalized spacial score (nSPS) is 13.1. The molecule has 1 aromatic rings. The van der Waals surface area contributed by atoms with Gasteiger partial charge in [-0.3, -0.25) is 18.7 Å². The molecular weight excluding hydrogens is 296 g/mol. The molecule has 1 N–H and O–H groups in total. The molecule has 0 amide bonds. The van der Waals surface area contributed by atoms with Gasteiger partial charge >= 0.3 is 5.69 Å². The van der Waals surface area contributed by atoms with E-state index in [0.29, 0.717) is 0 Å². The third-order valence-electron chi connectivity index (χ3n) is 3.81. The molecule has 0 saturated carbocycles. The van der Waals surface area contributed by atoms with Crippen LogP contribution in [0.1, 0.15) is 64.7 Å². The van der Waals surface area contributed by atoms with E-state index in [0.717, 1.165) is 15.6 Å². The highest BCUT2D eigenvalue weighted by molar-refractivity contribution is 5.97. The van der Waals surface area contributed by atoms with Gasteiger partial charge in [0.1, 0.15) is 5.56 Å². The molecule has 1 rings (SSSR count). The lowest BCUT2D eigenvalue weighted by atomic mass is 9.83. The molecule has 0 aliphatic rings. The van der Waals surface area contributed by atoms with Gasteiger partial charge in [0.2, 0.25) is 5.88 Å². The van der Waals surface area contributed by atoms with Crippen molar-refractivity contribution in [1.29, 1.82) is 0 Å². The van der Waals surface area contributed by atoms with Crippen molar-refractivity contribution < 1.29 is 9.90 Å². The van der Waals surface area contributed by atoms with Crippen LogP contribution in [0.5, 0.6) is 5.88 Å². The molecular formula is C17H28N2O4. The average Bonchev–Trinajstić information content (AvgIpc) is 2.36. The first kappa shape index (κ1) is 19.2. The number of carbonyl (C=O) groups excluding carboxylic acids is 1. The van der Waals surface area contributed by atoms with Crippen molar-refractivity contribution in [2.24, 2.45) is 11.3 Å². The van der Waals surface area contributed by atoms with Crippen LogP contribution in [0, 0.1) is 11.3 Å². The molecule has 0 unspecified atom stereocenters. The first-order valence-corrected chi connectivity index (χ1v) is 8.13. The zero-order valence-electron chi connectivity index (χ0n) is 15.0. The topological polar surface area (TPSA) is 81.3 Å². The van der Waals surface area contributed by atoms with Crippen LogP contribution >= 0.6 is 0 Å². The van der Waals surface area contributed by atoms with E-state index in [1.807, 2.05) is 6.92 Å². The third-order valence-corrected chi connectivity index (χ3v) is 3.81. The summed E-state index contributed by atoms with van der Waals surface area (Å²) in [7, 11) is 0. The number of ketones is 1. The van der Waals surface area contributed by atoms with Crippen molar-refractivity contribution in [1.82, 2.24) is 9.13 Å². The Balaban J connectivity index is 3.30. The van der Waals surface area contributed by atoms with E-state index in [-0.39, 0.29) is 36.4 Å². The van der Waals surface area contributed by atoms with Crippen LogP contribution < -0.4 is 11.2 Å². The first-order chi connectivity index (χ1) is 10.5. The van der Waals surface area contributed by atoms with Crippen LogP contribution in [-0.4, -0.2) is 20.0 Å². The molecule has 0 radical (unpaired) electrons. The molecule has 0 aliphatic heterocycles. The van der Waals surface area contributed by atoms with Crippen molar-refractivity contribution >= 4 is 5.78 Å². The number of nitrogens with zero attached hydrogens (tertiary/aromatic N) is 2. The summed E-state index contributed by atoms with van der Waals surface area (Å²) in [6.07, 6.45) is 1.00. The molecule has 0 saturated heterocycles. The molecule has 23 heavy (non-hydrogen) atoms. The Morgan fingerprint density at radius 3 is 2.09 bits per heavy atom. The Labute approximate surface area is 136 Å². The average molecular weight is 324 g/mol. The molecule has 1 aromatic heterocycles. The largest absolute Gasteiger partial charge is 0.494 e. The summed E-state index contributed by atoms with van der Waals surface area (Å²) in [5, 5.41) is 10.2. The van der Waals surface area contributed by atoms with Gasteiger partial charge < -0.3 is 5.11 Å². The summed E-state index contributed by atoms with van der Waals surface area (Å²) < 4.78 is 2.05. The number of rotatable bonds is 6. The zero-order valence-corrected chi connectivity index (χ0v) is 15.0. The van der Waals surface area contributed by atoms with E-state index in [2.05, 4.69) is 20.8 Å². The molecule has 6 heteroatoms. The SMILES string of the molecule is CCn1c(O)c(C(=O)C[C@H](C)CC(C)(C)C)c(=O)n(CC)c1=O. The van der Waals surface area contributed by atoms with Crippen LogP contribution in [0.4, 0.5) is 0 Å². The van der Waals surface area contributed by atoms with Gasteiger partial charge in [0.25, 0.3) is 5.56 Å². The number of hydrogen-bond acceptors (Lipinski definition) is 4. The zero-order chi connectivity index (χ0) is 17.9. The first-order valence-electron chi connectivity index (χ1n) is 8.13. The Morgan fingerprint density at radius 2 is 1.65 bits per heavy atom. The van der Waals surface area contributed by atoms with Gasteiger partial charge in [0.15, 0.2) is 5.78 Å². The minimum atomic E-state index is -0.701. The monoisotopic (exact) mass is 324 g/mol. The summed E-state index contributed by atoms with van der Waals surface area (Å²) in [5.41, 5.74) is -1.48. The fraction of sp³-hybridized carbons (Fsp3) is 0.706. The van der Waals surface area contributed by atoms with Crippen LogP contribution in [0.15, 0.2) is 9.59 Å². The number of aromatic nitrogens is 2. The fourth-order valence-corrected chi connectivity index (χ4v) is 3.03. The summed E-state index contributed by atoms with van der Waals surface area (Å²) in [6.45, 7) is 11.9. The van der Waals surface area contributed by atoms with Gasteiger partial charge in [-0.05, 0) is 31.6 Å². The van der Waals surface area contributed by atoms with Crippen LogP contribution in [0.3, 0.4) is 0 Å². The van der Waals surface area contributed by atoms with Crippen LogP contribution in [0.2, 0.25) is 0 Å². The molecule has 6 nitrogen and oxygen atoms in total. The molecule has 1 atom stereocenters. The van der Waals surface area contributed by atoms with Crippen molar-refractivity contribution in [3.63, 3.8) is 0 Å². The molecule has 130 valence electrons. The maximum Gasteiger partial charge on any atom is 0.333 e. The standard InChI is InChI=1S/C17H28N2O4/c1-7-18-14(21)13(15(22)19(8-2)16(18)23)12(20)9-11(3)10-17(4,5)6/h11,21H,7-10H2,1-6H3/t11-/m0/s1. The Kier molecular flexibility index (Phi) is 5.97.